The number of hydrogen-bond donors (Lipinski definition) is 1. The lowest BCUT2D eigenvalue weighted by Crippen LogP contribution is -2.18. The van der Waals surface area contributed by atoms with E-state index in [0.29, 0.717) is 6.61 Å². The number of carbonyl (C=O) groups excluding carboxylic acids is 1. The van der Waals surface area contributed by atoms with Gasteiger partial charge < -0.3 is 10.1 Å². The third-order valence-electron chi connectivity index (χ3n) is 2.26. The molecule has 5 heteroatoms. The molecule has 1 aliphatic rings. The number of hydrogen-bond acceptors (Lipinski definition) is 2. The summed E-state index contributed by atoms with van der Waals surface area (Å²) in [5.41, 5.74) is 2.03. The molecule has 1 N–H and O–H groups in total. The molecule has 0 unspecified atom stereocenters. The lowest BCUT2D eigenvalue weighted by molar-refractivity contribution is 0.177. The second-order valence-corrected chi connectivity index (χ2v) is 3.71. The molecule has 0 aromatic heterocycles. The van der Waals surface area contributed by atoms with Crippen LogP contribution >= 0.6 is 24.0 Å². The van der Waals surface area contributed by atoms with Gasteiger partial charge in [0.25, 0.3) is 0 Å². The van der Waals surface area contributed by atoms with Crippen LogP contribution in [0.1, 0.15) is 17.2 Å². The Balaban J connectivity index is 0.00000112. The van der Waals surface area contributed by atoms with E-state index < -0.39 is 0 Å². The van der Waals surface area contributed by atoms with Gasteiger partial charge in [-0.1, -0.05) is 23.7 Å². The van der Waals surface area contributed by atoms with Crippen LogP contribution in [0.15, 0.2) is 18.2 Å². The molecule has 15 heavy (non-hydrogen) atoms. The molecule has 0 aliphatic carbocycles. The zero-order chi connectivity index (χ0) is 10.1. The van der Waals surface area contributed by atoms with Crippen molar-refractivity contribution in [3.63, 3.8) is 0 Å². The highest BCUT2D eigenvalue weighted by Crippen LogP contribution is 2.23. The largest absolute Gasteiger partial charge is 0.447 e. The maximum Gasteiger partial charge on any atom is 0.407 e. The highest BCUT2D eigenvalue weighted by Gasteiger charge is 2.23. The Morgan fingerprint density at radius 1 is 1.53 bits per heavy atom. The van der Waals surface area contributed by atoms with Crippen LogP contribution in [-0.2, 0) is 4.74 Å². The Morgan fingerprint density at radius 2 is 2.27 bits per heavy atom. The van der Waals surface area contributed by atoms with Crippen molar-refractivity contribution in [1.82, 2.24) is 5.32 Å². The van der Waals surface area contributed by atoms with Gasteiger partial charge in [0.2, 0.25) is 0 Å². The van der Waals surface area contributed by atoms with Crippen molar-refractivity contribution >= 4 is 30.1 Å². The van der Waals surface area contributed by atoms with Crippen molar-refractivity contribution < 1.29 is 9.53 Å². The molecule has 1 heterocycles. The summed E-state index contributed by atoms with van der Waals surface area (Å²) >= 11 is 5.90. The third-order valence-corrected chi connectivity index (χ3v) is 2.68. The van der Waals surface area contributed by atoms with Crippen molar-refractivity contribution in [2.75, 3.05) is 6.61 Å². The van der Waals surface area contributed by atoms with E-state index >= 15 is 0 Å². The zero-order valence-corrected chi connectivity index (χ0v) is 9.69. The number of halogens is 2. The summed E-state index contributed by atoms with van der Waals surface area (Å²) in [6, 6.07) is 5.65. The van der Waals surface area contributed by atoms with Gasteiger partial charge in [0, 0.05) is 5.02 Å². The molecule has 0 bridgehead atoms. The molecule has 1 aromatic carbocycles. The molecular weight excluding hydrogens is 237 g/mol. The molecule has 3 nitrogen and oxygen atoms in total. The van der Waals surface area contributed by atoms with E-state index in [1.54, 1.807) is 0 Å². The number of nitrogens with one attached hydrogen (secondary N) is 1. The summed E-state index contributed by atoms with van der Waals surface area (Å²) in [7, 11) is 0. The van der Waals surface area contributed by atoms with Gasteiger partial charge in [-0.25, -0.2) is 4.79 Å². The standard InChI is InChI=1S/C10H10ClNO2.ClH/c1-6-4-7(2-3-8(6)11)9-5-14-10(13)12-9;/h2-4,9H,5H2,1H3,(H,12,13);1H/t9-;/m0./s1. The quantitative estimate of drug-likeness (QED) is 0.829. The Kier molecular flexibility index (Phi) is 3.83. The molecular formula is C10H11Cl2NO2. The van der Waals surface area contributed by atoms with Crippen molar-refractivity contribution in [2.24, 2.45) is 0 Å². The molecule has 0 saturated carbocycles. The fourth-order valence-electron chi connectivity index (χ4n) is 1.45. The minimum absolute atomic E-state index is 0. The van der Waals surface area contributed by atoms with E-state index in [0.717, 1.165) is 16.1 Å². The maximum absolute atomic E-state index is 10.8. The molecule has 0 spiro atoms. The van der Waals surface area contributed by atoms with Crippen LogP contribution in [0, 0.1) is 6.92 Å². The number of carbonyl (C=O) groups is 1. The Morgan fingerprint density at radius 3 is 2.80 bits per heavy atom. The molecule has 1 aromatic rings. The number of rotatable bonds is 1. The molecule has 1 amide bonds. The van der Waals surface area contributed by atoms with Gasteiger partial charge >= 0.3 is 6.09 Å². The van der Waals surface area contributed by atoms with Crippen molar-refractivity contribution in [3.8, 4) is 0 Å². The number of alkyl carbamates (subject to hydrolysis) is 1. The Hall–Kier alpha value is -0.930. The molecule has 2 rings (SSSR count). The maximum atomic E-state index is 10.8. The molecule has 82 valence electrons. The predicted molar refractivity (Wildman–Crippen MR) is 60.7 cm³/mol. The number of ether oxygens (including phenoxy) is 1. The fourth-order valence-corrected chi connectivity index (χ4v) is 1.57. The number of cyclic esters (lactones) is 1. The van der Waals surface area contributed by atoms with Gasteiger partial charge in [0.05, 0.1) is 6.04 Å². The summed E-state index contributed by atoms with van der Waals surface area (Å²) in [6.07, 6.45) is -0.359. The van der Waals surface area contributed by atoms with Crippen molar-refractivity contribution in [3.05, 3.63) is 34.3 Å². The first-order chi connectivity index (χ1) is 6.66. The molecule has 1 fully saturated rings. The average Bonchev–Trinajstić information content (AvgIpc) is 2.57. The predicted octanol–water partition coefficient (Wildman–Crippen LogP) is 2.85. The first kappa shape index (κ1) is 12.1. The van der Waals surface area contributed by atoms with E-state index in [9.17, 15) is 4.79 Å². The normalized spacial score (nSPS) is 19.1. The molecule has 1 atom stereocenters. The zero-order valence-electron chi connectivity index (χ0n) is 8.12. The third kappa shape index (κ3) is 2.55. The average molecular weight is 248 g/mol. The van der Waals surface area contributed by atoms with Crippen molar-refractivity contribution in [2.45, 2.75) is 13.0 Å². The highest BCUT2D eigenvalue weighted by molar-refractivity contribution is 6.31. The minimum atomic E-state index is -0.359. The van der Waals surface area contributed by atoms with Crippen LogP contribution < -0.4 is 5.32 Å². The SMILES string of the molecule is Cc1cc([C@@H]2COC(=O)N2)ccc1Cl.Cl. The summed E-state index contributed by atoms with van der Waals surface area (Å²) in [6.45, 7) is 2.32. The van der Waals surface area contributed by atoms with E-state index in [-0.39, 0.29) is 24.5 Å². The van der Waals surface area contributed by atoms with Gasteiger partial charge in [0.15, 0.2) is 0 Å². The molecule has 1 aliphatic heterocycles. The van der Waals surface area contributed by atoms with Gasteiger partial charge in [-0.2, -0.15) is 0 Å². The van der Waals surface area contributed by atoms with E-state index in [2.05, 4.69) is 5.32 Å². The second-order valence-electron chi connectivity index (χ2n) is 3.30. The van der Waals surface area contributed by atoms with E-state index in [1.807, 2.05) is 25.1 Å². The first-order valence-corrected chi connectivity index (χ1v) is 4.74. The van der Waals surface area contributed by atoms with Gasteiger partial charge in [-0.05, 0) is 24.1 Å². The smallest absolute Gasteiger partial charge is 0.407 e. The van der Waals surface area contributed by atoms with Crippen LogP contribution in [0.2, 0.25) is 5.02 Å². The molecule has 1 saturated heterocycles. The van der Waals surface area contributed by atoms with Crippen LogP contribution in [-0.4, -0.2) is 12.7 Å². The first-order valence-electron chi connectivity index (χ1n) is 4.36. The van der Waals surface area contributed by atoms with Crippen LogP contribution in [0.25, 0.3) is 0 Å². The fraction of sp³-hybridized carbons (Fsp3) is 0.300. The topological polar surface area (TPSA) is 38.3 Å². The van der Waals surface area contributed by atoms with E-state index in [1.165, 1.54) is 0 Å². The highest BCUT2D eigenvalue weighted by atomic mass is 35.5. The number of amides is 1. The van der Waals surface area contributed by atoms with Gasteiger partial charge in [-0.3, -0.25) is 0 Å². The number of aryl methyl sites for hydroxylation is 1. The summed E-state index contributed by atoms with van der Waals surface area (Å²) in [5.74, 6) is 0. The monoisotopic (exact) mass is 247 g/mol. The molecule has 0 radical (unpaired) electrons. The summed E-state index contributed by atoms with van der Waals surface area (Å²) < 4.78 is 4.81. The van der Waals surface area contributed by atoms with Gasteiger partial charge in [0.1, 0.15) is 6.61 Å². The minimum Gasteiger partial charge on any atom is -0.447 e. The summed E-state index contributed by atoms with van der Waals surface area (Å²) in [4.78, 5) is 10.8. The lowest BCUT2D eigenvalue weighted by Gasteiger charge is -2.08. The Bertz CT molecular complexity index is 382. The van der Waals surface area contributed by atoms with Crippen LogP contribution in [0.5, 0.6) is 0 Å². The Labute approximate surface area is 99.2 Å². The van der Waals surface area contributed by atoms with Crippen LogP contribution in [0.4, 0.5) is 4.79 Å². The van der Waals surface area contributed by atoms with Crippen LogP contribution in [0.3, 0.4) is 0 Å². The van der Waals surface area contributed by atoms with E-state index in [4.69, 9.17) is 16.3 Å². The van der Waals surface area contributed by atoms with Gasteiger partial charge in [-0.15, -0.1) is 12.4 Å². The second kappa shape index (κ2) is 4.73. The lowest BCUT2D eigenvalue weighted by atomic mass is 10.1. The number of benzene rings is 1. The van der Waals surface area contributed by atoms with Crippen molar-refractivity contribution in [1.29, 1.82) is 0 Å². The summed E-state index contributed by atoms with van der Waals surface area (Å²) in [5, 5.41) is 3.45.